The number of ether oxygens (including phenoxy) is 2. The summed E-state index contributed by atoms with van der Waals surface area (Å²) in [7, 11) is 1.62. The number of urea groups is 1. The molecule has 1 heterocycles. The summed E-state index contributed by atoms with van der Waals surface area (Å²) >= 11 is 0. The molecule has 1 aromatic rings. The maximum atomic E-state index is 11.8. The third-order valence-electron chi connectivity index (χ3n) is 3.47. The standard InChI is InChI=1S/C15H22N2O3/c1-11-5-6-13(8-14(11)19-2)17-15(18)16-9-12-4-3-7-20-10-12/h5-6,8,12H,3-4,7,9-10H2,1-2H3,(H2,16,17,18). The van der Waals surface area contributed by atoms with Crippen LogP contribution in [0.1, 0.15) is 18.4 Å². The molecule has 1 fully saturated rings. The van der Waals surface area contributed by atoms with Crippen molar-refractivity contribution in [1.29, 1.82) is 0 Å². The molecule has 1 atom stereocenters. The first kappa shape index (κ1) is 14.7. The summed E-state index contributed by atoms with van der Waals surface area (Å²) in [5.41, 5.74) is 1.77. The van der Waals surface area contributed by atoms with Gasteiger partial charge in [0, 0.05) is 24.9 Å². The first-order valence-corrected chi connectivity index (χ1v) is 6.96. The van der Waals surface area contributed by atoms with E-state index in [2.05, 4.69) is 10.6 Å². The van der Waals surface area contributed by atoms with Gasteiger partial charge in [-0.05, 0) is 37.3 Å². The molecule has 0 radical (unpaired) electrons. The van der Waals surface area contributed by atoms with Crippen LogP contribution >= 0.6 is 0 Å². The van der Waals surface area contributed by atoms with E-state index in [9.17, 15) is 4.79 Å². The van der Waals surface area contributed by atoms with Crippen molar-refractivity contribution < 1.29 is 14.3 Å². The highest BCUT2D eigenvalue weighted by Gasteiger charge is 2.14. The van der Waals surface area contributed by atoms with E-state index in [1.165, 1.54) is 0 Å². The number of anilines is 1. The van der Waals surface area contributed by atoms with Crippen LogP contribution < -0.4 is 15.4 Å². The Labute approximate surface area is 119 Å². The van der Waals surface area contributed by atoms with E-state index in [0.717, 1.165) is 43.1 Å². The summed E-state index contributed by atoms with van der Waals surface area (Å²) < 4.78 is 10.6. The van der Waals surface area contributed by atoms with Gasteiger partial charge >= 0.3 is 6.03 Å². The second kappa shape index (κ2) is 7.14. The second-order valence-corrected chi connectivity index (χ2v) is 5.10. The van der Waals surface area contributed by atoms with Crippen LogP contribution in [0.15, 0.2) is 18.2 Å². The van der Waals surface area contributed by atoms with E-state index in [1.807, 2.05) is 25.1 Å². The van der Waals surface area contributed by atoms with E-state index in [-0.39, 0.29) is 6.03 Å². The molecule has 2 amide bonds. The zero-order valence-electron chi connectivity index (χ0n) is 12.1. The van der Waals surface area contributed by atoms with E-state index < -0.39 is 0 Å². The Morgan fingerprint density at radius 1 is 1.50 bits per heavy atom. The number of rotatable bonds is 4. The second-order valence-electron chi connectivity index (χ2n) is 5.10. The zero-order valence-corrected chi connectivity index (χ0v) is 12.1. The lowest BCUT2D eigenvalue weighted by molar-refractivity contribution is 0.0559. The van der Waals surface area contributed by atoms with Crippen LogP contribution in [0.25, 0.3) is 0 Å². The number of carbonyl (C=O) groups is 1. The summed E-state index contributed by atoms with van der Waals surface area (Å²) in [5, 5.41) is 5.69. The molecule has 0 bridgehead atoms. The van der Waals surface area contributed by atoms with Crippen LogP contribution in [0.4, 0.5) is 10.5 Å². The number of amides is 2. The molecule has 1 unspecified atom stereocenters. The van der Waals surface area contributed by atoms with Crippen molar-refractivity contribution in [1.82, 2.24) is 5.32 Å². The highest BCUT2D eigenvalue weighted by Crippen LogP contribution is 2.22. The van der Waals surface area contributed by atoms with Gasteiger partial charge < -0.3 is 20.1 Å². The number of methoxy groups -OCH3 is 1. The van der Waals surface area contributed by atoms with Gasteiger partial charge in [0.2, 0.25) is 0 Å². The average Bonchev–Trinajstić information content (AvgIpc) is 2.48. The Hall–Kier alpha value is -1.75. The molecule has 5 nitrogen and oxygen atoms in total. The topological polar surface area (TPSA) is 59.6 Å². The normalized spacial score (nSPS) is 18.4. The van der Waals surface area contributed by atoms with Crippen molar-refractivity contribution >= 4 is 11.7 Å². The Kier molecular flexibility index (Phi) is 5.24. The van der Waals surface area contributed by atoms with Gasteiger partial charge in [-0.25, -0.2) is 4.79 Å². The maximum Gasteiger partial charge on any atom is 0.319 e. The molecule has 1 aromatic carbocycles. The zero-order chi connectivity index (χ0) is 14.4. The summed E-state index contributed by atoms with van der Waals surface area (Å²) in [6.45, 7) is 4.19. The lowest BCUT2D eigenvalue weighted by Gasteiger charge is -2.22. The third-order valence-corrected chi connectivity index (χ3v) is 3.47. The summed E-state index contributed by atoms with van der Waals surface area (Å²) in [4.78, 5) is 11.8. The minimum atomic E-state index is -0.193. The van der Waals surface area contributed by atoms with E-state index >= 15 is 0 Å². The lowest BCUT2D eigenvalue weighted by Crippen LogP contribution is -2.35. The Morgan fingerprint density at radius 2 is 2.35 bits per heavy atom. The van der Waals surface area contributed by atoms with Gasteiger partial charge in [0.25, 0.3) is 0 Å². The molecule has 0 spiro atoms. The van der Waals surface area contributed by atoms with Crippen LogP contribution in [0.3, 0.4) is 0 Å². The average molecular weight is 278 g/mol. The largest absolute Gasteiger partial charge is 0.496 e. The van der Waals surface area contributed by atoms with E-state index in [1.54, 1.807) is 7.11 Å². The van der Waals surface area contributed by atoms with Crippen molar-refractivity contribution in [3.63, 3.8) is 0 Å². The SMILES string of the molecule is COc1cc(NC(=O)NCC2CCCOC2)ccc1C. The van der Waals surface area contributed by atoms with Gasteiger partial charge in [-0.3, -0.25) is 0 Å². The highest BCUT2D eigenvalue weighted by molar-refractivity contribution is 5.89. The Bertz CT molecular complexity index is 456. The first-order chi connectivity index (χ1) is 9.69. The summed E-state index contributed by atoms with van der Waals surface area (Å²) in [6.07, 6.45) is 2.18. The van der Waals surface area contributed by atoms with E-state index in [0.29, 0.717) is 12.5 Å². The van der Waals surface area contributed by atoms with E-state index in [4.69, 9.17) is 9.47 Å². The molecule has 0 saturated carbocycles. The fraction of sp³-hybridized carbons (Fsp3) is 0.533. The van der Waals surface area contributed by atoms with Crippen LogP contribution in [0, 0.1) is 12.8 Å². The minimum Gasteiger partial charge on any atom is -0.496 e. The van der Waals surface area contributed by atoms with Gasteiger partial charge in [0.15, 0.2) is 0 Å². The third kappa shape index (κ3) is 4.13. The molecule has 1 aliphatic heterocycles. The van der Waals surface area contributed by atoms with Gasteiger partial charge in [0.05, 0.1) is 13.7 Å². The predicted molar refractivity (Wildman–Crippen MR) is 78.3 cm³/mol. The molecule has 0 aliphatic carbocycles. The Balaban J connectivity index is 1.81. The number of hydrogen-bond acceptors (Lipinski definition) is 3. The number of hydrogen-bond donors (Lipinski definition) is 2. The minimum absolute atomic E-state index is 0.193. The van der Waals surface area contributed by atoms with Crippen molar-refractivity contribution in [2.75, 3.05) is 32.2 Å². The summed E-state index contributed by atoms with van der Waals surface area (Å²) in [6, 6.07) is 5.41. The van der Waals surface area contributed by atoms with Crippen molar-refractivity contribution in [2.45, 2.75) is 19.8 Å². The quantitative estimate of drug-likeness (QED) is 0.890. The number of nitrogens with one attached hydrogen (secondary N) is 2. The van der Waals surface area contributed by atoms with Crippen molar-refractivity contribution in [3.05, 3.63) is 23.8 Å². The van der Waals surface area contributed by atoms with Crippen molar-refractivity contribution in [2.24, 2.45) is 5.92 Å². The predicted octanol–water partition coefficient (Wildman–Crippen LogP) is 2.55. The molecule has 2 N–H and O–H groups in total. The molecule has 20 heavy (non-hydrogen) atoms. The number of carbonyl (C=O) groups excluding carboxylic acids is 1. The van der Waals surface area contributed by atoms with Crippen LogP contribution in [0.2, 0.25) is 0 Å². The van der Waals surface area contributed by atoms with Gasteiger partial charge in [0.1, 0.15) is 5.75 Å². The summed E-state index contributed by atoms with van der Waals surface area (Å²) in [5.74, 6) is 1.19. The first-order valence-electron chi connectivity index (χ1n) is 6.96. The van der Waals surface area contributed by atoms with Crippen LogP contribution in [-0.4, -0.2) is 32.9 Å². The number of aryl methyl sites for hydroxylation is 1. The lowest BCUT2D eigenvalue weighted by atomic mass is 10.0. The van der Waals surface area contributed by atoms with Crippen LogP contribution in [0.5, 0.6) is 5.75 Å². The monoisotopic (exact) mass is 278 g/mol. The Morgan fingerprint density at radius 3 is 3.05 bits per heavy atom. The molecule has 1 saturated heterocycles. The molecule has 5 heteroatoms. The van der Waals surface area contributed by atoms with Gasteiger partial charge in [-0.2, -0.15) is 0 Å². The number of benzene rings is 1. The molecular formula is C15H22N2O3. The molecule has 110 valence electrons. The fourth-order valence-electron chi connectivity index (χ4n) is 2.28. The van der Waals surface area contributed by atoms with Gasteiger partial charge in [-0.15, -0.1) is 0 Å². The van der Waals surface area contributed by atoms with Crippen LogP contribution in [-0.2, 0) is 4.74 Å². The molecule has 0 aromatic heterocycles. The molecule has 2 rings (SSSR count). The maximum absolute atomic E-state index is 11.8. The van der Waals surface area contributed by atoms with Crippen molar-refractivity contribution in [3.8, 4) is 5.75 Å². The smallest absolute Gasteiger partial charge is 0.319 e. The highest BCUT2D eigenvalue weighted by atomic mass is 16.5. The molecular weight excluding hydrogens is 256 g/mol. The molecule has 1 aliphatic rings. The van der Waals surface area contributed by atoms with Gasteiger partial charge in [-0.1, -0.05) is 6.07 Å². The fourth-order valence-corrected chi connectivity index (χ4v) is 2.28.